The van der Waals surface area contributed by atoms with Gasteiger partial charge in [-0.3, -0.25) is 19.4 Å². The smallest absolute Gasteiger partial charge is 0.238 e. The number of hydrogen-bond acceptors (Lipinski definition) is 6. The summed E-state index contributed by atoms with van der Waals surface area (Å²) in [5, 5.41) is 2.87. The molecule has 7 nitrogen and oxygen atoms in total. The summed E-state index contributed by atoms with van der Waals surface area (Å²) < 4.78 is 10.8. The van der Waals surface area contributed by atoms with Crippen LogP contribution in [0, 0.1) is 0 Å². The van der Waals surface area contributed by atoms with Gasteiger partial charge in [0.25, 0.3) is 0 Å². The first-order valence-corrected chi connectivity index (χ1v) is 9.81. The number of piperazine rings is 1. The molecule has 152 valence electrons. The molecule has 4 rings (SSSR count). The van der Waals surface area contributed by atoms with Crippen molar-refractivity contribution in [2.24, 2.45) is 0 Å². The van der Waals surface area contributed by atoms with Gasteiger partial charge in [-0.25, -0.2) is 0 Å². The molecule has 0 radical (unpaired) electrons. The average molecular weight is 395 g/mol. The van der Waals surface area contributed by atoms with Crippen LogP contribution in [0.2, 0.25) is 0 Å². The molecule has 0 saturated carbocycles. The van der Waals surface area contributed by atoms with Gasteiger partial charge in [-0.15, -0.1) is 0 Å². The van der Waals surface area contributed by atoms with Crippen LogP contribution in [0.5, 0.6) is 11.5 Å². The molecule has 7 heteroatoms. The molecule has 2 aromatic rings. The minimum absolute atomic E-state index is 0.0574. The van der Waals surface area contributed by atoms with Crippen molar-refractivity contribution in [1.29, 1.82) is 0 Å². The topological polar surface area (TPSA) is 71.1 Å². The summed E-state index contributed by atoms with van der Waals surface area (Å²) in [6, 6.07) is 13.2. The molecule has 2 aliphatic heterocycles. The van der Waals surface area contributed by atoms with E-state index in [1.165, 1.54) is 12.5 Å². The summed E-state index contributed by atoms with van der Waals surface area (Å²) in [4.78, 5) is 28.6. The lowest BCUT2D eigenvalue weighted by molar-refractivity contribution is -0.117. The number of para-hydroxylation sites is 1. The van der Waals surface area contributed by atoms with Gasteiger partial charge in [0.2, 0.25) is 12.7 Å². The Hall–Kier alpha value is -2.90. The van der Waals surface area contributed by atoms with Gasteiger partial charge in [0, 0.05) is 38.3 Å². The maximum absolute atomic E-state index is 12.4. The third kappa shape index (κ3) is 4.75. The Morgan fingerprint density at radius 3 is 2.48 bits per heavy atom. The minimum atomic E-state index is -0.0945. The second-order valence-corrected chi connectivity index (χ2v) is 7.39. The van der Waals surface area contributed by atoms with Crippen molar-refractivity contribution < 1.29 is 19.1 Å². The number of nitrogens with zero attached hydrogens (tertiary/aromatic N) is 2. The van der Waals surface area contributed by atoms with Crippen LogP contribution < -0.4 is 14.8 Å². The van der Waals surface area contributed by atoms with Crippen LogP contribution in [0.1, 0.15) is 22.8 Å². The number of carbonyl (C=O) groups excluding carboxylic acids is 2. The molecular formula is C22H25N3O4. The molecule has 2 aromatic carbocycles. The zero-order chi connectivity index (χ0) is 20.2. The van der Waals surface area contributed by atoms with Crippen molar-refractivity contribution in [2.45, 2.75) is 13.5 Å². The van der Waals surface area contributed by atoms with Gasteiger partial charge in [-0.1, -0.05) is 18.2 Å². The van der Waals surface area contributed by atoms with Crippen LogP contribution in [0.25, 0.3) is 0 Å². The lowest BCUT2D eigenvalue weighted by Gasteiger charge is -2.34. The third-order valence-corrected chi connectivity index (χ3v) is 5.26. The zero-order valence-corrected chi connectivity index (χ0v) is 16.5. The second kappa shape index (κ2) is 8.63. The van der Waals surface area contributed by atoms with Crippen molar-refractivity contribution >= 4 is 17.4 Å². The van der Waals surface area contributed by atoms with Gasteiger partial charge in [0.05, 0.1) is 12.2 Å². The quantitative estimate of drug-likeness (QED) is 0.758. The number of hydrogen-bond donors (Lipinski definition) is 1. The molecular weight excluding hydrogens is 370 g/mol. The number of ketones is 1. The van der Waals surface area contributed by atoms with E-state index in [4.69, 9.17) is 9.47 Å². The Labute approximate surface area is 170 Å². The molecule has 1 saturated heterocycles. The van der Waals surface area contributed by atoms with Crippen LogP contribution in [0.15, 0.2) is 42.5 Å². The normalized spacial score (nSPS) is 16.6. The molecule has 0 spiro atoms. The molecule has 0 bridgehead atoms. The Morgan fingerprint density at radius 1 is 0.966 bits per heavy atom. The fraction of sp³-hybridized carbons (Fsp3) is 0.364. The lowest BCUT2D eigenvalue weighted by Crippen LogP contribution is -2.48. The van der Waals surface area contributed by atoms with Crippen LogP contribution in [0.4, 0.5) is 5.69 Å². The Kier molecular flexibility index (Phi) is 5.78. The van der Waals surface area contributed by atoms with Gasteiger partial charge in [-0.05, 0) is 36.8 Å². The first kappa shape index (κ1) is 19.4. The Bertz CT molecular complexity index is 907. The number of rotatable bonds is 6. The highest BCUT2D eigenvalue weighted by atomic mass is 16.7. The van der Waals surface area contributed by atoms with E-state index in [0.29, 0.717) is 17.8 Å². The number of nitrogens with one attached hydrogen (secondary N) is 1. The van der Waals surface area contributed by atoms with Crippen LogP contribution in [-0.2, 0) is 11.3 Å². The minimum Gasteiger partial charge on any atom is -0.454 e. The maximum Gasteiger partial charge on any atom is 0.238 e. The lowest BCUT2D eigenvalue weighted by atomic mass is 10.1. The number of Topliss-reactive ketones (excluding diaryl/α,β-unsaturated/α-hetero) is 1. The molecule has 2 heterocycles. The number of fused-ring (bicyclic) bond motifs is 1. The molecule has 0 unspecified atom stereocenters. The highest BCUT2D eigenvalue weighted by molar-refractivity contribution is 6.04. The predicted octanol–water partition coefficient (Wildman–Crippen LogP) is 2.37. The van der Waals surface area contributed by atoms with E-state index in [9.17, 15) is 9.59 Å². The monoisotopic (exact) mass is 395 g/mol. The molecule has 0 atom stereocenters. The summed E-state index contributed by atoms with van der Waals surface area (Å²) >= 11 is 0. The SMILES string of the molecule is CC(=O)c1ccccc1NC(=O)CN1CCN(Cc2ccc3c(c2)OCO3)CC1. The zero-order valence-electron chi connectivity index (χ0n) is 16.5. The number of benzene rings is 2. The fourth-order valence-corrected chi connectivity index (χ4v) is 3.69. The van der Waals surface area contributed by atoms with E-state index in [2.05, 4.69) is 21.2 Å². The predicted molar refractivity (Wildman–Crippen MR) is 109 cm³/mol. The van der Waals surface area contributed by atoms with E-state index in [1.807, 2.05) is 18.2 Å². The molecule has 0 aromatic heterocycles. The molecule has 1 N–H and O–H groups in total. The average Bonchev–Trinajstić information content (AvgIpc) is 3.17. The highest BCUT2D eigenvalue weighted by Crippen LogP contribution is 2.32. The van der Waals surface area contributed by atoms with E-state index in [1.54, 1.807) is 18.2 Å². The van der Waals surface area contributed by atoms with E-state index in [0.717, 1.165) is 44.2 Å². The van der Waals surface area contributed by atoms with Crippen molar-refractivity contribution in [3.05, 3.63) is 53.6 Å². The summed E-state index contributed by atoms with van der Waals surface area (Å²) in [5.41, 5.74) is 2.31. The molecule has 1 fully saturated rings. The van der Waals surface area contributed by atoms with Gasteiger partial charge in [-0.2, -0.15) is 0 Å². The molecule has 29 heavy (non-hydrogen) atoms. The van der Waals surface area contributed by atoms with E-state index >= 15 is 0 Å². The first-order valence-electron chi connectivity index (χ1n) is 9.81. The first-order chi connectivity index (χ1) is 14.1. The van der Waals surface area contributed by atoms with Gasteiger partial charge in [0.1, 0.15) is 0 Å². The van der Waals surface area contributed by atoms with Crippen LogP contribution >= 0.6 is 0 Å². The molecule has 1 amide bonds. The van der Waals surface area contributed by atoms with Crippen molar-refractivity contribution in [2.75, 3.05) is 44.8 Å². The summed E-state index contributed by atoms with van der Waals surface area (Å²) in [6.45, 7) is 6.41. The van der Waals surface area contributed by atoms with Crippen molar-refractivity contribution in [1.82, 2.24) is 9.80 Å². The van der Waals surface area contributed by atoms with Gasteiger partial charge < -0.3 is 14.8 Å². The highest BCUT2D eigenvalue weighted by Gasteiger charge is 2.21. The second-order valence-electron chi connectivity index (χ2n) is 7.39. The summed E-state index contributed by atoms with van der Waals surface area (Å²) in [5.74, 6) is 1.46. The van der Waals surface area contributed by atoms with Crippen molar-refractivity contribution in [3.8, 4) is 11.5 Å². The number of ether oxygens (including phenoxy) is 2. The van der Waals surface area contributed by atoms with E-state index < -0.39 is 0 Å². The number of anilines is 1. The molecule has 2 aliphatic rings. The Morgan fingerprint density at radius 2 is 1.69 bits per heavy atom. The van der Waals surface area contributed by atoms with E-state index in [-0.39, 0.29) is 18.5 Å². The third-order valence-electron chi connectivity index (χ3n) is 5.26. The summed E-state index contributed by atoms with van der Waals surface area (Å²) in [7, 11) is 0. The van der Waals surface area contributed by atoms with Gasteiger partial charge >= 0.3 is 0 Å². The fourth-order valence-electron chi connectivity index (χ4n) is 3.69. The molecule has 0 aliphatic carbocycles. The largest absolute Gasteiger partial charge is 0.454 e. The van der Waals surface area contributed by atoms with Crippen LogP contribution in [-0.4, -0.2) is 61.0 Å². The Balaban J connectivity index is 1.26. The number of amides is 1. The standard InChI is InChI=1S/C22H25N3O4/c1-16(26)18-4-2-3-5-19(18)23-22(27)14-25-10-8-24(9-11-25)13-17-6-7-20-21(12-17)29-15-28-20/h2-7,12H,8-11,13-15H2,1H3,(H,23,27). The summed E-state index contributed by atoms with van der Waals surface area (Å²) in [6.07, 6.45) is 0. The van der Waals surface area contributed by atoms with Crippen molar-refractivity contribution in [3.63, 3.8) is 0 Å². The van der Waals surface area contributed by atoms with Crippen LogP contribution in [0.3, 0.4) is 0 Å². The maximum atomic E-state index is 12.4. The number of carbonyl (C=O) groups is 2. The van der Waals surface area contributed by atoms with Gasteiger partial charge in [0.15, 0.2) is 17.3 Å².